The normalized spacial score (nSPS) is 11.1. The number of aryl methyl sites for hydroxylation is 2. The van der Waals surface area contributed by atoms with E-state index >= 15 is 0 Å². The van der Waals surface area contributed by atoms with Crippen LogP contribution >= 0.6 is 0 Å². The van der Waals surface area contributed by atoms with Crippen LogP contribution in [-0.2, 0) is 12.8 Å². The summed E-state index contributed by atoms with van der Waals surface area (Å²) in [5.41, 5.74) is 2.81. The van der Waals surface area contributed by atoms with E-state index in [1.165, 1.54) is 17.5 Å². The fourth-order valence-electron chi connectivity index (χ4n) is 2.16. The lowest BCUT2D eigenvalue weighted by atomic mass is 10.00. The summed E-state index contributed by atoms with van der Waals surface area (Å²) >= 11 is 0. The van der Waals surface area contributed by atoms with E-state index in [4.69, 9.17) is 10.2 Å². The largest absolute Gasteiger partial charge is 0.396 e. The van der Waals surface area contributed by atoms with E-state index in [1.807, 2.05) is 0 Å². The van der Waals surface area contributed by atoms with Crippen molar-refractivity contribution in [1.29, 1.82) is 0 Å². The summed E-state index contributed by atoms with van der Waals surface area (Å²) in [6.45, 7) is 2.40. The molecule has 1 rings (SSSR count). The molecule has 2 nitrogen and oxygen atoms in total. The van der Waals surface area contributed by atoms with E-state index < -0.39 is 0 Å². The molecular weight excluding hydrogens is 224 g/mol. The summed E-state index contributed by atoms with van der Waals surface area (Å²) in [6, 6.07) is 8.90. The van der Waals surface area contributed by atoms with Crippen LogP contribution < -0.4 is 0 Å². The molecule has 102 valence electrons. The van der Waals surface area contributed by atoms with E-state index in [0.29, 0.717) is 0 Å². The molecule has 0 aliphatic carbocycles. The van der Waals surface area contributed by atoms with Gasteiger partial charge < -0.3 is 10.2 Å². The third-order valence-electron chi connectivity index (χ3n) is 3.41. The summed E-state index contributed by atoms with van der Waals surface area (Å²) < 4.78 is 0. The van der Waals surface area contributed by atoms with E-state index in [0.717, 1.165) is 32.1 Å². The van der Waals surface area contributed by atoms with Gasteiger partial charge in [-0.25, -0.2) is 0 Å². The monoisotopic (exact) mass is 250 g/mol. The first-order valence-electron chi connectivity index (χ1n) is 7.09. The first-order valence-corrected chi connectivity index (χ1v) is 7.09. The molecule has 0 fully saturated rings. The molecule has 0 amide bonds. The van der Waals surface area contributed by atoms with Crippen molar-refractivity contribution in [2.75, 3.05) is 13.2 Å². The van der Waals surface area contributed by atoms with Crippen LogP contribution in [0.4, 0.5) is 0 Å². The average Bonchev–Trinajstić information content (AvgIpc) is 2.41. The second-order valence-electron chi connectivity index (χ2n) is 5.04. The van der Waals surface area contributed by atoms with Crippen molar-refractivity contribution in [2.24, 2.45) is 5.92 Å². The molecule has 2 N–H and O–H groups in total. The van der Waals surface area contributed by atoms with Crippen LogP contribution in [0.15, 0.2) is 24.3 Å². The van der Waals surface area contributed by atoms with Crippen molar-refractivity contribution in [1.82, 2.24) is 0 Å². The van der Waals surface area contributed by atoms with Gasteiger partial charge in [-0.2, -0.15) is 0 Å². The van der Waals surface area contributed by atoms with Gasteiger partial charge >= 0.3 is 0 Å². The van der Waals surface area contributed by atoms with Crippen LogP contribution in [0.1, 0.15) is 43.7 Å². The van der Waals surface area contributed by atoms with Crippen molar-refractivity contribution in [2.45, 2.75) is 45.4 Å². The van der Waals surface area contributed by atoms with Gasteiger partial charge in [0.2, 0.25) is 0 Å². The first kappa shape index (κ1) is 15.2. The molecule has 0 aliphatic heterocycles. The number of unbranched alkanes of at least 4 members (excludes halogenated alkanes) is 1. The fraction of sp³-hybridized carbons (Fsp3) is 0.625. The molecule has 0 saturated heterocycles. The zero-order chi connectivity index (χ0) is 13.2. The average molecular weight is 250 g/mol. The molecule has 0 aliphatic rings. The van der Waals surface area contributed by atoms with Gasteiger partial charge in [0.05, 0.1) is 0 Å². The van der Waals surface area contributed by atoms with Gasteiger partial charge in [-0.15, -0.1) is 0 Å². The Bertz CT molecular complexity index is 301. The smallest absolute Gasteiger partial charge is 0.0481 e. The molecule has 18 heavy (non-hydrogen) atoms. The second kappa shape index (κ2) is 9.12. The highest BCUT2D eigenvalue weighted by molar-refractivity contribution is 5.22. The van der Waals surface area contributed by atoms with Crippen LogP contribution in [0.25, 0.3) is 0 Å². The second-order valence-corrected chi connectivity index (χ2v) is 5.04. The van der Waals surface area contributed by atoms with Gasteiger partial charge in [-0.1, -0.05) is 44.0 Å². The Morgan fingerprint density at radius 2 is 1.44 bits per heavy atom. The van der Waals surface area contributed by atoms with Crippen molar-refractivity contribution in [3.63, 3.8) is 0 Å². The SMILES string of the molecule is CCCc1ccc(CCCCC(CO)CO)cc1. The lowest BCUT2D eigenvalue weighted by Gasteiger charge is -2.10. The quantitative estimate of drug-likeness (QED) is 0.662. The lowest BCUT2D eigenvalue weighted by Crippen LogP contribution is -2.10. The van der Waals surface area contributed by atoms with Gasteiger partial charge in [-0.3, -0.25) is 0 Å². The Morgan fingerprint density at radius 1 is 0.889 bits per heavy atom. The highest BCUT2D eigenvalue weighted by atomic mass is 16.3. The maximum absolute atomic E-state index is 8.96. The summed E-state index contributed by atoms with van der Waals surface area (Å²) in [4.78, 5) is 0. The highest BCUT2D eigenvalue weighted by Crippen LogP contribution is 2.12. The van der Waals surface area contributed by atoms with Crippen LogP contribution in [0.3, 0.4) is 0 Å². The molecule has 0 bridgehead atoms. The summed E-state index contributed by atoms with van der Waals surface area (Å²) in [5.74, 6) is 0.0666. The van der Waals surface area contributed by atoms with Crippen molar-refractivity contribution in [3.05, 3.63) is 35.4 Å². The van der Waals surface area contributed by atoms with Crippen LogP contribution in [-0.4, -0.2) is 23.4 Å². The molecule has 0 heterocycles. The van der Waals surface area contributed by atoms with Crippen LogP contribution in [0.2, 0.25) is 0 Å². The summed E-state index contributed by atoms with van der Waals surface area (Å²) in [7, 11) is 0. The van der Waals surface area contributed by atoms with Crippen LogP contribution in [0, 0.1) is 5.92 Å². The Morgan fingerprint density at radius 3 is 1.94 bits per heavy atom. The third-order valence-corrected chi connectivity index (χ3v) is 3.41. The molecule has 0 radical (unpaired) electrons. The molecule has 0 unspecified atom stereocenters. The van der Waals surface area contributed by atoms with Crippen molar-refractivity contribution < 1.29 is 10.2 Å². The predicted molar refractivity (Wildman–Crippen MR) is 75.7 cm³/mol. The highest BCUT2D eigenvalue weighted by Gasteiger charge is 2.04. The minimum atomic E-state index is 0.0666. The summed E-state index contributed by atoms with van der Waals surface area (Å²) in [5, 5.41) is 17.9. The Labute approximate surface area is 111 Å². The van der Waals surface area contributed by atoms with E-state index in [9.17, 15) is 0 Å². The molecule has 1 aromatic rings. The zero-order valence-corrected chi connectivity index (χ0v) is 11.4. The third kappa shape index (κ3) is 5.65. The van der Waals surface area contributed by atoms with Gasteiger partial charge in [0.25, 0.3) is 0 Å². The van der Waals surface area contributed by atoms with Crippen molar-refractivity contribution in [3.8, 4) is 0 Å². The van der Waals surface area contributed by atoms with Gasteiger partial charge in [0.15, 0.2) is 0 Å². The van der Waals surface area contributed by atoms with Crippen LogP contribution in [0.5, 0.6) is 0 Å². The first-order chi connectivity index (χ1) is 8.80. The molecule has 0 atom stereocenters. The Balaban J connectivity index is 2.22. The standard InChI is InChI=1S/C16H26O2/c1-2-5-14-8-10-15(11-9-14)6-3-4-7-16(12-17)13-18/h8-11,16-18H,2-7,12-13H2,1H3. The molecule has 2 heteroatoms. The summed E-state index contributed by atoms with van der Waals surface area (Å²) in [6.07, 6.45) is 6.57. The minimum Gasteiger partial charge on any atom is -0.396 e. The molecular formula is C16H26O2. The number of aliphatic hydroxyl groups is 2. The zero-order valence-electron chi connectivity index (χ0n) is 11.4. The maximum atomic E-state index is 8.96. The number of hydrogen-bond acceptors (Lipinski definition) is 2. The minimum absolute atomic E-state index is 0.0666. The van der Waals surface area contributed by atoms with E-state index in [2.05, 4.69) is 31.2 Å². The Hall–Kier alpha value is -0.860. The molecule has 1 aromatic carbocycles. The topological polar surface area (TPSA) is 40.5 Å². The van der Waals surface area contributed by atoms with E-state index in [-0.39, 0.29) is 19.1 Å². The van der Waals surface area contributed by atoms with Gasteiger partial charge in [0, 0.05) is 19.1 Å². The molecule has 0 aromatic heterocycles. The number of aliphatic hydroxyl groups excluding tert-OH is 2. The Kier molecular flexibility index (Phi) is 7.70. The predicted octanol–water partition coefficient (Wildman–Crippen LogP) is 2.95. The van der Waals surface area contributed by atoms with Crippen molar-refractivity contribution >= 4 is 0 Å². The van der Waals surface area contributed by atoms with Gasteiger partial charge in [0.1, 0.15) is 0 Å². The lowest BCUT2D eigenvalue weighted by molar-refractivity contribution is 0.142. The number of hydrogen-bond donors (Lipinski definition) is 2. The van der Waals surface area contributed by atoms with Gasteiger partial charge in [-0.05, 0) is 36.8 Å². The molecule has 0 saturated carbocycles. The number of benzene rings is 1. The number of rotatable bonds is 9. The molecule has 0 spiro atoms. The maximum Gasteiger partial charge on any atom is 0.0481 e. The van der Waals surface area contributed by atoms with E-state index in [1.54, 1.807) is 0 Å². The fourth-order valence-corrected chi connectivity index (χ4v) is 2.16.